The second kappa shape index (κ2) is 5.20. The molecule has 3 nitrogen and oxygen atoms in total. The van der Waals surface area contributed by atoms with E-state index in [1.54, 1.807) is 25.1 Å². The van der Waals surface area contributed by atoms with Crippen LogP contribution in [-0.4, -0.2) is 17.3 Å². The lowest BCUT2D eigenvalue weighted by Gasteiger charge is -2.21. The number of nitriles is 1. The Kier molecular flexibility index (Phi) is 4.17. The fraction of sp³-hybridized carbons (Fsp3) is 0.417. The summed E-state index contributed by atoms with van der Waals surface area (Å²) in [5, 5.41) is 18.8. The highest BCUT2D eigenvalue weighted by atomic mass is 35.5. The Morgan fingerprint density at radius 3 is 2.75 bits per heavy atom. The maximum absolute atomic E-state index is 9.74. The first-order chi connectivity index (χ1) is 7.48. The van der Waals surface area contributed by atoms with Crippen molar-refractivity contribution >= 4 is 11.6 Å². The van der Waals surface area contributed by atoms with Crippen LogP contribution in [0.25, 0.3) is 0 Å². The fourth-order valence-electron chi connectivity index (χ4n) is 1.02. The molecule has 1 rings (SSSR count). The van der Waals surface area contributed by atoms with E-state index in [2.05, 4.69) is 0 Å². The largest absolute Gasteiger partial charge is 0.491 e. The first-order valence-corrected chi connectivity index (χ1v) is 5.41. The molecule has 1 unspecified atom stereocenters. The third-order valence-corrected chi connectivity index (χ3v) is 2.69. The molecule has 1 aromatic rings. The van der Waals surface area contributed by atoms with Gasteiger partial charge in [0.1, 0.15) is 18.4 Å². The number of nitrogens with zero attached hydrogens (tertiary/aromatic N) is 1. The molecule has 0 aliphatic heterocycles. The molecule has 0 fully saturated rings. The van der Waals surface area contributed by atoms with E-state index in [0.717, 1.165) is 0 Å². The zero-order valence-electron chi connectivity index (χ0n) is 9.33. The molecule has 0 radical (unpaired) electrons. The Bertz CT molecular complexity index is 410. The van der Waals surface area contributed by atoms with Crippen molar-refractivity contribution in [3.05, 3.63) is 28.8 Å². The van der Waals surface area contributed by atoms with Crippen LogP contribution in [0.15, 0.2) is 18.2 Å². The molecule has 0 amide bonds. The predicted molar refractivity (Wildman–Crippen MR) is 62.6 cm³/mol. The van der Waals surface area contributed by atoms with Crippen LogP contribution in [0.3, 0.4) is 0 Å². The van der Waals surface area contributed by atoms with E-state index in [9.17, 15) is 5.11 Å². The molecular formula is C12H14ClNO2. The maximum atomic E-state index is 9.74. The minimum Gasteiger partial charge on any atom is -0.491 e. The summed E-state index contributed by atoms with van der Waals surface area (Å²) in [6, 6.07) is 6.80. The minimum atomic E-state index is -0.847. The summed E-state index contributed by atoms with van der Waals surface area (Å²) < 4.78 is 5.40. The van der Waals surface area contributed by atoms with Crippen molar-refractivity contribution in [1.29, 1.82) is 5.26 Å². The van der Waals surface area contributed by atoms with Crippen LogP contribution in [0, 0.1) is 11.3 Å². The van der Waals surface area contributed by atoms with Gasteiger partial charge in [0.15, 0.2) is 0 Å². The number of rotatable bonds is 4. The van der Waals surface area contributed by atoms with Gasteiger partial charge >= 0.3 is 0 Å². The molecule has 1 N–H and O–H groups in total. The molecule has 0 aromatic heterocycles. The highest BCUT2D eigenvalue weighted by Crippen LogP contribution is 2.23. The average molecular weight is 240 g/mol. The molecule has 0 saturated carbocycles. The molecule has 0 aliphatic rings. The van der Waals surface area contributed by atoms with Crippen molar-refractivity contribution in [2.75, 3.05) is 6.61 Å². The van der Waals surface area contributed by atoms with Crippen LogP contribution in [0.2, 0.25) is 5.02 Å². The van der Waals surface area contributed by atoms with Gasteiger partial charge in [0.25, 0.3) is 0 Å². The molecule has 0 aliphatic carbocycles. The van der Waals surface area contributed by atoms with Crippen LogP contribution in [0.5, 0.6) is 5.75 Å². The van der Waals surface area contributed by atoms with Crippen molar-refractivity contribution in [3.63, 3.8) is 0 Å². The molecule has 1 atom stereocenters. The number of hydrogen-bond donors (Lipinski definition) is 1. The van der Waals surface area contributed by atoms with Gasteiger partial charge in [-0.05, 0) is 25.5 Å². The predicted octanol–water partition coefficient (Wildman–Crippen LogP) is 2.75. The van der Waals surface area contributed by atoms with Crippen LogP contribution in [-0.2, 0) is 0 Å². The van der Waals surface area contributed by atoms with E-state index in [4.69, 9.17) is 21.6 Å². The lowest BCUT2D eigenvalue weighted by molar-refractivity contribution is 0.00847. The quantitative estimate of drug-likeness (QED) is 0.879. The lowest BCUT2D eigenvalue weighted by Crippen LogP contribution is -2.31. The number of halogens is 1. The summed E-state index contributed by atoms with van der Waals surface area (Å²) in [5.74, 6) is 0.553. The van der Waals surface area contributed by atoms with E-state index in [1.165, 1.54) is 0 Å². The summed E-state index contributed by atoms with van der Waals surface area (Å²) in [7, 11) is 0. The normalized spacial score (nSPS) is 13.9. The molecule has 0 bridgehead atoms. The molecule has 1 aromatic carbocycles. The number of benzene rings is 1. The highest BCUT2D eigenvalue weighted by molar-refractivity contribution is 6.31. The van der Waals surface area contributed by atoms with Gasteiger partial charge in [0.05, 0.1) is 16.2 Å². The standard InChI is InChI=1S/C12H14ClNO2/c1-3-12(2,15)8-16-10-5-4-9(7-14)11(13)6-10/h4-6,15H,3,8H2,1-2H3. The summed E-state index contributed by atoms with van der Waals surface area (Å²) in [4.78, 5) is 0. The SMILES string of the molecule is CCC(C)(O)COc1ccc(C#N)c(Cl)c1. The number of hydrogen-bond acceptors (Lipinski definition) is 3. The minimum absolute atomic E-state index is 0.200. The van der Waals surface area contributed by atoms with E-state index < -0.39 is 5.60 Å². The smallest absolute Gasteiger partial charge is 0.121 e. The van der Waals surface area contributed by atoms with Crippen LogP contribution >= 0.6 is 11.6 Å². The molecule has 0 heterocycles. The van der Waals surface area contributed by atoms with Gasteiger partial charge in [-0.15, -0.1) is 0 Å². The highest BCUT2D eigenvalue weighted by Gasteiger charge is 2.18. The van der Waals surface area contributed by atoms with Crippen molar-refractivity contribution in [1.82, 2.24) is 0 Å². The Balaban J connectivity index is 2.70. The van der Waals surface area contributed by atoms with Crippen LogP contribution < -0.4 is 4.74 Å². The van der Waals surface area contributed by atoms with Gasteiger partial charge in [-0.25, -0.2) is 0 Å². The van der Waals surface area contributed by atoms with Gasteiger partial charge in [-0.2, -0.15) is 5.26 Å². The fourth-order valence-corrected chi connectivity index (χ4v) is 1.23. The third-order valence-electron chi connectivity index (χ3n) is 2.37. The summed E-state index contributed by atoms with van der Waals surface area (Å²) in [5.41, 5.74) is -0.434. The summed E-state index contributed by atoms with van der Waals surface area (Å²) in [6.07, 6.45) is 0.608. The zero-order valence-corrected chi connectivity index (χ0v) is 10.1. The van der Waals surface area contributed by atoms with E-state index in [-0.39, 0.29) is 6.61 Å². The first-order valence-electron chi connectivity index (χ1n) is 5.03. The van der Waals surface area contributed by atoms with Crippen molar-refractivity contribution in [2.45, 2.75) is 25.9 Å². The monoisotopic (exact) mass is 239 g/mol. The van der Waals surface area contributed by atoms with E-state index >= 15 is 0 Å². The van der Waals surface area contributed by atoms with E-state index in [1.807, 2.05) is 13.0 Å². The Hall–Kier alpha value is -1.24. The van der Waals surface area contributed by atoms with Crippen molar-refractivity contribution < 1.29 is 9.84 Å². The maximum Gasteiger partial charge on any atom is 0.121 e. The second-order valence-electron chi connectivity index (χ2n) is 3.89. The van der Waals surface area contributed by atoms with Gasteiger partial charge in [-0.1, -0.05) is 18.5 Å². The Morgan fingerprint density at radius 2 is 2.25 bits per heavy atom. The zero-order chi connectivity index (χ0) is 12.2. The van der Waals surface area contributed by atoms with E-state index in [0.29, 0.717) is 22.8 Å². The average Bonchev–Trinajstić information content (AvgIpc) is 2.27. The second-order valence-corrected chi connectivity index (χ2v) is 4.30. The molecule has 4 heteroatoms. The lowest BCUT2D eigenvalue weighted by atomic mass is 10.1. The Morgan fingerprint density at radius 1 is 1.56 bits per heavy atom. The topological polar surface area (TPSA) is 53.2 Å². The van der Waals surface area contributed by atoms with Crippen LogP contribution in [0.1, 0.15) is 25.8 Å². The number of ether oxygens (including phenoxy) is 1. The van der Waals surface area contributed by atoms with Gasteiger partial charge in [0, 0.05) is 6.07 Å². The Labute approximate surface area is 100 Å². The van der Waals surface area contributed by atoms with Gasteiger partial charge in [-0.3, -0.25) is 0 Å². The molecule has 0 spiro atoms. The summed E-state index contributed by atoms with van der Waals surface area (Å²) >= 11 is 5.85. The molecule has 86 valence electrons. The summed E-state index contributed by atoms with van der Waals surface area (Å²) in [6.45, 7) is 3.79. The van der Waals surface area contributed by atoms with Crippen LogP contribution in [0.4, 0.5) is 0 Å². The molecule has 0 saturated heterocycles. The van der Waals surface area contributed by atoms with Crippen molar-refractivity contribution in [3.8, 4) is 11.8 Å². The third kappa shape index (κ3) is 3.41. The van der Waals surface area contributed by atoms with Crippen molar-refractivity contribution in [2.24, 2.45) is 0 Å². The molecule has 16 heavy (non-hydrogen) atoms. The van der Waals surface area contributed by atoms with Gasteiger partial charge in [0.2, 0.25) is 0 Å². The van der Waals surface area contributed by atoms with Gasteiger partial charge < -0.3 is 9.84 Å². The number of aliphatic hydroxyl groups is 1. The molecular weight excluding hydrogens is 226 g/mol. The first kappa shape index (κ1) is 12.8.